The van der Waals surface area contributed by atoms with Crippen molar-refractivity contribution in [2.45, 2.75) is 25.6 Å². The van der Waals surface area contributed by atoms with Crippen molar-refractivity contribution < 1.29 is 22.4 Å². The fraction of sp³-hybridized carbons (Fsp3) is 0.294. The highest BCUT2D eigenvalue weighted by atomic mass is 19.4. The summed E-state index contributed by atoms with van der Waals surface area (Å²) < 4.78 is 54.1. The summed E-state index contributed by atoms with van der Waals surface area (Å²) in [6, 6.07) is 6.76. The standard InChI is InChI=1S/C17H14F4N2O/c18-12-6-7-14(17(19,20)21)13(9-12)16(24)22-15-3-1-2-8-23(15)10-11-4-5-11/h1-3,6-9,11H,4-5,10H2/b22-15+. The van der Waals surface area contributed by atoms with Crippen molar-refractivity contribution in [3.63, 3.8) is 0 Å². The van der Waals surface area contributed by atoms with E-state index in [2.05, 4.69) is 4.99 Å². The third-order valence-corrected chi connectivity index (χ3v) is 3.80. The lowest BCUT2D eigenvalue weighted by atomic mass is 10.1. The Morgan fingerprint density at radius 1 is 1.21 bits per heavy atom. The van der Waals surface area contributed by atoms with Crippen LogP contribution in [0.2, 0.25) is 0 Å². The van der Waals surface area contributed by atoms with Gasteiger partial charge in [0.15, 0.2) is 0 Å². The summed E-state index contributed by atoms with van der Waals surface area (Å²) in [6.07, 6.45) is -0.871. The van der Waals surface area contributed by atoms with Gasteiger partial charge in [0.2, 0.25) is 0 Å². The molecule has 0 saturated heterocycles. The van der Waals surface area contributed by atoms with Crippen LogP contribution >= 0.6 is 0 Å². The Kier molecular flexibility index (Phi) is 4.26. The van der Waals surface area contributed by atoms with Crippen LogP contribution in [0.25, 0.3) is 0 Å². The fourth-order valence-electron chi connectivity index (χ4n) is 2.41. The Morgan fingerprint density at radius 2 is 1.96 bits per heavy atom. The molecule has 0 N–H and O–H groups in total. The predicted octanol–water partition coefficient (Wildman–Crippen LogP) is 3.80. The topological polar surface area (TPSA) is 34.4 Å². The molecule has 24 heavy (non-hydrogen) atoms. The van der Waals surface area contributed by atoms with E-state index in [0.29, 0.717) is 30.7 Å². The molecule has 126 valence electrons. The van der Waals surface area contributed by atoms with E-state index in [1.165, 1.54) is 0 Å². The van der Waals surface area contributed by atoms with Gasteiger partial charge in [0.05, 0.1) is 11.1 Å². The maximum Gasteiger partial charge on any atom is 0.417 e. The van der Waals surface area contributed by atoms with Gasteiger partial charge in [0.25, 0.3) is 5.91 Å². The Bertz CT molecular complexity index is 835. The van der Waals surface area contributed by atoms with Gasteiger partial charge in [-0.25, -0.2) is 4.39 Å². The average molecular weight is 338 g/mol. The number of alkyl halides is 3. The summed E-state index contributed by atoms with van der Waals surface area (Å²) in [4.78, 5) is 16.0. The maximum atomic E-state index is 13.3. The molecule has 1 heterocycles. The van der Waals surface area contributed by atoms with Crippen LogP contribution in [0.3, 0.4) is 0 Å². The largest absolute Gasteiger partial charge is 0.417 e. The van der Waals surface area contributed by atoms with E-state index in [1.54, 1.807) is 29.0 Å². The van der Waals surface area contributed by atoms with Crippen LogP contribution < -0.4 is 5.49 Å². The molecule has 0 spiro atoms. The number of nitrogens with zero attached hydrogens (tertiary/aromatic N) is 2. The van der Waals surface area contributed by atoms with Gasteiger partial charge in [0.1, 0.15) is 11.3 Å². The van der Waals surface area contributed by atoms with Crippen LogP contribution in [0, 0.1) is 11.7 Å². The molecule has 2 aromatic rings. The minimum absolute atomic E-state index is 0.256. The van der Waals surface area contributed by atoms with E-state index in [1.807, 2.05) is 0 Å². The minimum Gasteiger partial charge on any atom is -0.333 e. The molecule has 1 amide bonds. The highest BCUT2D eigenvalue weighted by molar-refractivity contribution is 5.96. The molecule has 1 aliphatic rings. The second kappa shape index (κ2) is 6.22. The lowest BCUT2D eigenvalue weighted by Gasteiger charge is -2.11. The molecule has 1 aromatic heterocycles. The maximum absolute atomic E-state index is 13.3. The SMILES string of the molecule is O=C(/N=c1\ccccn1CC1CC1)c1cc(F)ccc1C(F)(F)F. The van der Waals surface area contributed by atoms with E-state index in [-0.39, 0.29) is 5.49 Å². The van der Waals surface area contributed by atoms with E-state index >= 15 is 0 Å². The van der Waals surface area contributed by atoms with E-state index < -0.39 is 29.0 Å². The molecule has 1 aliphatic carbocycles. The van der Waals surface area contributed by atoms with Crippen LogP contribution in [-0.2, 0) is 12.7 Å². The lowest BCUT2D eigenvalue weighted by Crippen LogP contribution is -2.23. The van der Waals surface area contributed by atoms with E-state index in [0.717, 1.165) is 12.8 Å². The summed E-state index contributed by atoms with van der Waals surface area (Å²) in [7, 11) is 0. The number of amides is 1. The molecule has 1 fully saturated rings. The van der Waals surface area contributed by atoms with Crippen LogP contribution in [0.5, 0.6) is 0 Å². The highest BCUT2D eigenvalue weighted by Crippen LogP contribution is 2.32. The summed E-state index contributed by atoms with van der Waals surface area (Å²) in [5.41, 5.74) is -1.72. The third kappa shape index (κ3) is 3.72. The number of halogens is 4. The monoisotopic (exact) mass is 338 g/mol. The first-order chi connectivity index (χ1) is 11.3. The van der Waals surface area contributed by atoms with Gasteiger partial charge >= 0.3 is 6.18 Å². The van der Waals surface area contributed by atoms with Crippen molar-refractivity contribution in [3.8, 4) is 0 Å². The molecule has 7 heteroatoms. The fourth-order valence-corrected chi connectivity index (χ4v) is 2.41. The molecule has 1 saturated carbocycles. The number of benzene rings is 1. The molecule has 3 nitrogen and oxygen atoms in total. The molecule has 0 radical (unpaired) electrons. The van der Waals surface area contributed by atoms with Crippen LogP contribution in [-0.4, -0.2) is 10.5 Å². The number of aromatic nitrogens is 1. The molecule has 0 atom stereocenters. The summed E-state index contributed by atoms with van der Waals surface area (Å²) >= 11 is 0. The molecule has 3 rings (SSSR count). The van der Waals surface area contributed by atoms with Gasteiger partial charge in [-0.05, 0) is 49.1 Å². The van der Waals surface area contributed by atoms with Gasteiger partial charge in [0, 0.05) is 12.7 Å². The molecule has 0 aliphatic heterocycles. The van der Waals surface area contributed by atoms with Crippen molar-refractivity contribution >= 4 is 5.91 Å². The number of carbonyl (C=O) groups excluding carboxylic acids is 1. The first kappa shape index (κ1) is 16.4. The first-order valence-electron chi connectivity index (χ1n) is 7.46. The molecular weight excluding hydrogens is 324 g/mol. The van der Waals surface area contributed by atoms with Crippen LogP contribution in [0.15, 0.2) is 47.6 Å². The van der Waals surface area contributed by atoms with Crippen LogP contribution in [0.1, 0.15) is 28.8 Å². The number of hydrogen-bond acceptors (Lipinski definition) is 1. The minimum atomic E-state index is -4.76. The van der Waals surface area contributed by atoms with E-state index in [9.17, 15) is 22.4 Å². The smallest absolute Gasteiger partial charge is 0.333 e. The zero-order chi connectivity index (χ0) is 17.3. The summed E-state index contributed by atoms with van der Waals surface area (Å²) in [5, 5.41) is 0. The Labute approximate surface area is 135 Å². The van der Waals surface area contributed by atoms with Crippen molar-refractivity contribution in [1.82, 2.24) is 4.57 Å². The van der Waals surface area contributed by atoms with Crippen molar-refractivity contribution in [2.24, 2.45) is 10.9 Å². The van der Waals surface area contributed by atoms with Crippen molar-refractivity contribution in [2.75, 3.05) is 0 Å². The van der Waals surface area contributed by atoms with Crippen molar-refractivity contribution in [3.05, 3.63) is 65.0 Å². The summed E-state index contributed by atoms with van der Waals surface area (Å²) in [6.45, 7) is 0.655. The molecule has 0 unspecified atom stereocenters. The zero-order valence-corrected chi connectivity index (χ0v) is 12.6. The van der Waals surface area contributed by atoms with Gasteiger partial charge in [-0.15, -0.1) is 0 Å². The second-order valence-electron chi connectivity index (χ2n) is 5.76. The Morgan fingerprint density at radius 3 is 2.62 bits per heavy atom. The van der Waals surface area contributed by atoms with Gasteiger partial charge in [-0.2, -0.15) is 18.2 Å². The van der Waals surface area contributed by atoms with Gasteiger partial charge < -0.3 is 4.57 Å². The number of rotatable bonds is 3. The third-order valence-electron chi connectivity index (χ3n) is 3.80. The van der Waals surface area contributed by atoms with Gasteiger partial charge in [-0.3, -0.25) is 4.79 Å². The second-order valence-corrected chi connectivity index (χ2v) is 5.76. The first-order valence-corrected chi connectivity index (χ1v) is 7.46. The zero-order valence-electron chi connectivity index (χ0n) is 12.6. The number of carbonyl (C=O) groups is 1. The molecule has 1 aromatic carbocycles. The van der Waals surface area contributed by atoms with Gasteiger partial charge in [-0.1, -0.05) is 6.07 Å². The number of pyridine rings is 1. The lowest BCUT2D eigenvalue weighted by molar-refractivity contribution is -0.137. The van der Waals surface area contributed by atoms with E-state index in [4.69, 9.17) is 0 Å². The normalized spacial score (nSPS) is 15.6. The van der Waals surface area contributed by atoms with Crippen LogP contribution in [0.4, 0.5) is 17.6 Å². The Hall–Kier alpha value is -2.44. The molecular formula is C17H14F4N2O. The summed E-state index contributed by atoms with van der Waals surface area (Å²) in [5.74, 6) is -1.53. The number of hydrogen-bond donors (Lipinski definition) is 0. The highest BCUT2D eigenvalue weighted by Gasteiger charge is 2.35. The molecule has 0 bridgehead atoms. The Balaban J connectivity index is 2.03. The van der Waals surface area contributed by atoms with Crippen molar-refractivity contribution in [1.29, 1.82) is 0 Å². The quantitative estimate of drug-likeness (QED) is 0.784. The average Bonchev–Trinajstić information content (AvgIpc) is 3.32. The predicted molar refractivity (Wildman–Crippen MR) is 78.5 cm³/mol.